The number of carbonyl (C=O) groups excluding carboxylic acids is 1. The van der Waals surface area contributed by atoms with Gasteiger partial charge in [0, 0.05) is 81.6 Å². The van der Waals surface area contributed by atoms with Crippen molar-refractivity contribution in [2.24, 2.45) is 34.5 Å². The van der Waals surface area contributed by atoms with Crippen LogP contribution >= 0.6 is 0 Å². The Kier molecular flexibility index (Phi) is 7.39. The summed E-state index contributed by atoms with van der Waals surface area (Å²) < 4.78 is 47.9. The number of aryl methyl sites for hydroxylation is 1. The number of hydrogen-bond donors (Lipinski definition) is 2. The number of likely N-dealkylation sites (N-methyl/N-ethyl adjacent to an activating group) is 1. The second-order valence-electron chi connectivity index (χ2n) is 16.0. The Hall–Kier alpha value is -2.71. The van der Waals surface area contributed by atoms with Crippen molar-refractivity contribution >= 4 is 5.97 Å². The lowest BCUT2D eigenvalue weighted by atomic mass is 9.42. The summed E-state index contributed by atoms with van der Waals surface area (Å²) in [5.74, 6) is -0.396. The standard InChI is InChI=1S/C38H50N2O10/c1-7-39-17-35(18-48-33(43)21-10-8-9-11-24(21)40-27(41)14-20(2)32(40)42)13-12-26(45-4)37-23-15-22-25(44-3)16-36(28(23)29(22)46-5)38(34(37)39,50-19-49-36)31(47-6)30(35)37/h8-11,14,22-23,25-26,28-31,34,41-42H,7,12-13,15-19H2,1-6H3/t22-,23-,25+,26+,28-,29+,30-,31+,34?,35+,36-,37+,38-/m1/s1. The van der Waals surface area contributed by atoms with Crippen molar-refractivity contribution < 1.29 is 48.2 Å². The number of fused-ring (bicyclic) bond motifs is 1. The highest BCUT2D eigenvalue weighted by Crippen LogP contribution is 2.82. The van der Waals surface area contributed by atoms with E-state index in [2.05, 4.69) is 11.8 Å². The second-order valence-corrected chi connectivity index (χ2v) is 16.0. The van der Waals surface area contributed by atoms with Crippen LogP contribution in [-0.4, -0.2) is 122 Å². The largest absolute Gasteiger partial charge is 0.494 e. The fourth-order valence-electron chi connectivity index (χ4n) is 13.7. The molecule has 7 fully saturated rings. The number of methoxy groups -OCH3 is 4. The number of aromatic nitrogens is 1. The molecule has 1 unspecified atom stereocenters. The maximum Gasteiger partial charge on any atom is 0.340 e. The molecule has 50 heavy (non-hydrogen) atoms. The van der Waals surface area contributed by atoms with Gasteiger partial charge in [0.05, 0.1) is 48.3 Å². The molecule has 3 spiro atoms. The minimum absolute atomic E-state index is 0.0386. The number of benzene rings is 1. The zero-order valence-electron chi connectivity index (χ0n) is 29.8. The molecule has 13 atom stereocenters. The predicted octanol–water partition coefficient (Wildman–Crippen LogP) is 3.67. The van der Waals surface area contributed by atoms with Crippen molar-refractivity contribution in [3.05, 3.63) is 41.5 Å². The zero-order valence-corrected chi connectivity index (χ0v) is 29.8. The summed E-state index contributed by atoms with van der Waals surface area (Å²) in [5.41, 5.74) is -1.25. The molecule has 2 aliphatic heterocycles. The molecule has 0 amide bonds. The lowest BCUT2D eigenvalue weighted by Crippen LogP contribution is -2.81. The predicted molar refractivity (Wildman–Crippen MR) is 178 cm³/mol. The maximum atomic E-state index is 14.2. The third-order valence-electron chi connectivity index (χ3n) is 14.8. The average Bonchev–Trinajstić information content (AvgIpc) is 3.78. The summed E-state index contributed by atoms with van der Waals surface area (Å²) in [6, 6.07) is 8.33. The molecule has 2 aromatic rings. The SMILES string of the molecule is CCN1C[C@]2(COC(=O)c3ccccc3-n3c(O)cc(C)c3O)CC[C@H](OC)[C@@]34C1[C@]1(OCO[C@@]15C[C@H](OC)[C@H]1C[C@@H]3[C@@H]5[C@H]1OC)[C@@H](OC)[C@H]24. The summed E-state index contributed by atoms with van der Waals surface area (Å²) in [5, 5.41) is 21.5. The number of aromatic hydroxyl groups is 2. The van der Waals surface area contributed by atoms with Gasteiger partial charge in [0.1, 0.15) is 18.0 Å². The fourth-order valence-corrected chi connectivity index (χ4v) is 13.7. The summed E-state index contributed by atoms with van der Waals surface area (Å²) in [7, 11) is 7.26. The molecule has 5 saturated carbocycles. The number of carbonyl (C=O) groups is 1. The lowest BCUT2D eigenvalue weighted by Gasteiger charge is -2.70. The molecular weight excluding hydrogens is 644 g/mol. The molecule has 12 nitrogen and oxygen atoms in total. The highest BCUT2D eigenvalue weighted by atomic mass is 16.7. The van der Waals surface area contributed by atoms with Gasteiger partial charge >= 0.3 is 5.97 Å². The molecule has 1 aromatic carbocycles. The van der Waals surface area contributed by atoms with Crippen LogP contribution < -0.4 is 0 Å². The van der Waals surface area contributed by atoms with Gasteiger partial charge < -0.3 is 43.4 Å². The van der Waals surface area contributed by atoms with E-state index < -0.39 is 22.6 Å². The molecule has 2 saturated heterocycles. The topological polar surface area (TPSA) is 130 Å². The van der Waals surface area contributed by atoms with Crippen molar-refractivity contribution in [1.82, 2.24) is 9.47 Å². The van der Waals surface area contributed by atoms with E-state index in [0.29, 0.717) is 24.2 Å². The number of ether oxygens (including phenoxy) is 7. The van der Waals surface area contributed by atoms with Gasteiger partial charge in [-0.3, -0.25) is 9.47 Å². The van der Waals surface area contributed by atoms with E-state index in [9.17, 15) is 15.0 Å². The number of esters is 1. The van der Waals surface area contributed by atoms with E-state index in [-0.39, 0.29) is 90.3 Å². The molecule has 0 radical (unpaired) electrons. The van der Waals surface area contributed by atoms with Crippen molar-refractivity contribution in [3.63, 3.8) is 0 Å². The Morgan fingerprint density at radius 3 is 2.54 bits per heavy atom. The van der Waals surface area contributed by atoms with Crippen LogP contribution in [0.5, 0.6) is 11.8 Å². The molecule has 7 aliphatic rings. The number of hydrogen-bond acceptors (Lipinski definition) is 11. The minimum atomic E-state index is -0.812. The number of piperidine rings is 1. The van der Waals surface area contributed by atoms with Gasteiger partial charge in [-0.1, -0.05) is 19.1 Å². The van der Waals surface area contributed by atoms with Crippen molar-refractivity contribution in [2.45, 2.75) is 81.2 Å². The smallest absolute Gasteiger partial charge is 0.340 e. The van der Waals surface area contributed by atoms with E-state index in [4.69, 9.17) is 33.2 Å². The van der Waals surface area contributed by atoms with Crippen LogP contribution in [0.15, 0.2) is 30.3 Å². The van der Waals surface area contributed by atoms with E-state index in [1.165, 1.54) is 10.6 Å². The Morgan fingerprint density at radius 2 is 1.86 bits per heavy atom. The zero-order chi connectivity index (χ0) is 35.0. The van der Waals surface area contributed by atoms with E-state index in [1.54, 1.807) is 45.4 Å². The first-order chi connectivity index (χ1) is 24.1. The Morgan fingerprint density at radius 1 is 1.06 bits per heavy atom. The van der Waals surface area contributed by atoms with E-state index in [1.807, 2.05) is 14.2 Å². The molecule has 5 aliphatic carbocycles. The van der Waals surface area contributed by atoms with Gasteiger partial charge in [0.2, 0.25) is 5.88 Å². The quantitative estimate of drug-likeness (QED) is 0.373. The van der Waals surface area contributed by atoms with Crippen molar-refractivity contribution in [1.29, 1.82) is 0 Å². The summed E-state index contributed by atoms with van der Waals surface area (Å²) >= 11 is 0. The Labute approximate surface area is 292 Å². The number of rotatable bonds is 9. The van der Waals surface area contributed by atoms with E-state index >= 15 is 0 Å². The first-order valence-electron chi connectivity index (χ1n) is 18.2. The lowest BCUT2D eigenvalue weighted by molar-refractivity contribution is -0.286. The summed E-state index contributed by atoms with van der Waals surface area (Å²) in [4.78, 5) is 16.8. The van der Waals surface area contributed by atoms with Gasteiger partial charge in [-0.2, -0.15) is 0 Å². The molecule has 1 aromatic heterocycles. The van der Waals surface area contributed by atoms with Crippen molar-refractivity contribution in [2.75, 3.05) is 54.9 Å². The minimum Gasteiger partial charge on any atom is -0.494 e. The monoisotopic (exact) mass is 694 g/mol. The van der Waals surface area contributed by atoms with Gasteiger partial charge in [0.15, 0.2) is 5.88 Å². The first-order valence-corrected chi connectivity index (χ1v) is 18.2. The van der Waals surface area contributed by atoms with Crippen LogP contribution in [0.2, 0.25) is 0 Å². The maximum absolute atomic E-state index is 14.2. The average molecular weight is 695 g/mol. The number of likely N-dealkylation sites (tertiary alicyclic amines) is 1. The first kappa shape index (κ1) is 33.1. The number of nitrogens with zero attached hydrogens (tertiary/aromatic N) is 2. The third kappa shape index (κ3) is 3.59. The molecule has 9 rings (SSSR count). The Balaban J connectivity index is 1.18. The van der Waals surface area contributed by atoms with Crippen LogP contribution in [0, 0.1) is 41.4 Å². The van der Waals surface area contributed by atoms with Gasteiger partial charge in [-0.05, 0) is 50.8 Å². The summed E-state index contributed by atoms with van der Waals surface area (Å²) in [6.07, 6.45) is 2.72. The van der Waals surface area contributed by atoms with Crippen LogP contribution in [0.3, 0.4) is 0 Å². The van der Waals surface area contributed by atoms with Gasteiger partial charge in [-0.15, -0.1) is 0 Å². The highest BCUT2D eigenvalue weighted by Gasteiger charge is 2.94. The van der Waals surface area contributed by atoms with Crippen LogP contribution in [0.25, 0.3) is 5.69 Å². The third-order valence-corrected chi connectivity index (χ3v) is 14.8. The van der Waals surface area contributed by atoms with Crippen LogP contribution in [-0.2, 0) is 33.2 Å². The van der Waals surface area contributed by atoms with Gasteiger partial charge in [-0.25, -0.2) is 4.79 Å². The van der Waals surface area contributed by atoms with Gasteiger partial charge in [0.25, 0.3) is 0 Å². The highest BCUT2D eigenvalue weighted by molar-refractivity contribution is 5.93. The number of para-hydroxylation sites is 1. The molecule has 7 bridgehead atoms. The normalized spacial score (nSPS) is 45.1. The second kappa shape index (κ2) is 11.1. The van der Waals surface area contributed by atoms with Crippen LogP contribution in [0.1, 0.15) is 48.5 Å². The molecule has 272 valence electrons. The fraction of sp³-hybridized carbons (Fsp3) is 0.711. The molecular formula is C38H50N2O10. The molecule has 2 N–H and O–H groups in total. The summed E-state index contributed by atoms with van der Waals surface area (Å²) in [6.45, 7) is 5.75. The van der Waals surface area contributed by atoms with E-state index in [0.717, 1.165) is 25.8 Å². The Bertz CT molecular complexity index is 1700. The van der Waals surface area contributed by atoms with Crippen molar-refractivity contribution in [3.8, 4) is 17.4 Å². The molecule has 3 heterocycles. The van der Waals surface area contributed by atoms with Crippen LogP contribution in [0.4, 0.5) is 0 Å². The molecule has 12 heteroatoms.